The maximum absolute atomic E-state index is 12.2. The smallest absolute Gasteiger partial charge is 0.271 e. The Morgan fingerprint density at radius 2 is 1.70 bits per heavy atom. The van der Waals surface area contributed by atoms with Gasteiger partial charge in [0.15, 0.2) is 0 Å². The molecule has 0 aliphatic rings. The van der Waals surface area contributed by atoms with Crippen LogP contribution in [0.25, 0.3) is 0 Å². The molecule has 0 saturated carbocycles. The number of hydrogen-bond donors (Lipinski definition) is 2. The zero-order chi connectivity index (χ0) is 19.1. The number of aryl methyl sites for hydroxylation is 3. The first kappa shape index (κ1) is 18.6. The lowest BCUT2D eigenvalue weighted by molar-refractivity contribution is 0.0948. The standard InChI is InChI=1S/C22H24N4O/c1-16-11-17(2)13-19(12-16)26-21-15-24-20(14-25-21)22(27)23-10-6-9-18-7-4-3-5-8-18/h3-5,7-8,11-15H,6,9-10H2,1-2H3,(H,23,27)(H,25,26). The topological polar surface area (TPSA) is 66.9 Å². The molecule has 1 aromatic heterocycles. The van der Waals surface area contributed by atoms with Gasteiger partial charge in [-0.05, 0) is 55.5 Å². The SMILES string of the molecule is Cc1cc(C)cc(Nc2cnc(C(=O)NCCCc3ccccc3)cn2)c1. The van der Waals surface area contributed by atoms with Crippen molar-refractivity contribution in [3.8, 4) is 0 Å². The number of amides is 1. The van der Waals surface area contributed by atoms with Crippen molar-refractivity contribution in [3.05, 3.63) is 83.3 Å². The molecule has 1 heterocycles. The zero-order valence-corrected chi connectivity index (χ0v) is 15.7. The maximum Gasteiger partial charge on any atom is 0.271 e. The van der Waals surface area contributed by atoms with Crippen molar-refractivity contribution in [1.82, 2.24) is 15.3 Å². The molecular weight excluding hydrogens is 336 g/mol. The predicted molar refractivity (Wildman–Crippen MR) is 108 cm³/mol. The summed E-state index contributed by atoms with van der Waals surface area (Å²) in [5.41, 5.74) is 4.91. The van der Waals surface area contributed by atoms with Crippen LogP contribution in [0.2, 0.25) is 0 Å². The van der Waals surface area contributed by atoms with Gasteiger partial charge in [0, 0.05) is 12.2 Å². The maximum atomic E-state index is 12.2. The van der Waals surface area contributed by atoms with Crippen LogP contribution in [0, 0.1) is 13.8 Å². The Morgan fingerprint density at radius 1 is 0.963 bits per heavy atom. The molecule has 3 rings (SSSR count). The molecule has 0 spiro atoms. The number of nitrogens with zero attached hydrogens (tertiary/aromatic N) is 2. The fraction of sp³-hybridized carbons (Fsp3) is 0.227. The summed E-state index contributed by atoms with van der Waals surface area (Å²) >= 11 is 0. The van der Waals surface area contributed by atoms with E-state index in [-0.39, 0.29) is 5.91 Å². The highest BCUT2D eigenvalue weighted by atomic mass is 16.1. The number of benzene rings is 2. The molecule has 2 aromatic carbocycles. The molecule has 5 nitrogen and oxygen atoms in total. The van der Waals surface area contributed by atoms with Gasteiger partial charge >= 0.3 is 0 Å². The van der Waals surface area contributed by atoms with Crippen molar-refractivity contribution in [1.29, 1.82) is 0 Å². The van der Waals surface area contributed by atoms with Crippen molar-refractivity contribution < 1.29 is 4.79 Å². The summed E-state index contributed by atoms with van der Waals surface area (Å²) in [4.78, 5) is 20.7. The number of rotatable bonds is 7. The first-order valence-electron chi connectivity index (χ1n) is 9.09. The van der Waals surface area contributed by atoms with E-state index >= 15 is 0 Å². The number of carbonyl (C=O) groups excluding carboxylic acids is 1. The first-order chi connectivity index (χ1) is 13.1. The van der Waals surface area contributed by atoms with Crippen molar-refractivity contribution in [2.75, 3.05) is 11.9 Å². The quantitative estimate of drug-likeness (QED) is 0.620. The van der Waals surface area contributed by atoms with E-state index in [1.54, 1.807) is 6.20 Å². The molecule has 0 unspecified atom stereocenters. The minimum absolute atomic E-state index is 0.200. The van der Waals surface area contributed by atoms with Crippen LogP contribution in [0.15, 0.2) is 60.9 Å². The van der Waals surface area contributed by atoms with Gasteiger partial charge in [-0.25, -0.2) is 9.97 Å². The molecule has 0 bridgehead atoms. The normalized spacial score (nSPS) is 10.4. The molecule has 138 valence electrons. The molecule has 0 atom stereocenters. The molecule has 1 amide bonds. The summed E-state index contributed by atoms with van der Waals surface area (Å²) in [6.45, 7) is 4.71. The lowest BCUT2D eigenvalue weighted by atomic mass is 10.1. The summed E-state index contributed by atoms with van der Waals surface area (Å²) in [7, 11) is 0. The van der Waals surface area contributed by atoms with Gasteiger partial charge in [-0.2, -0.15) is 0 Å². The first-order valence-corrected chi connectivity index (χ1v) is 9.09. The van der Waals surface area contributed by atoms with Gasteiger partial charge in [-0.1, -0.05) is 36.4 Å². The Bertz CT molecular complexity index is 872. The summed E-state index contributed by atoms with van der Waals surface area (Å²) in [5.74, 6) is 0.411. The van der Waals surface area contributed by atoms with E-state index in [9.17, 15) is 4.79 Å². The van der Waals surface area contributed by atoms with Gasteiger partial charge in [0.25, 0.3) is 5.91 Å². The Balaban J connectivity index is 1.49. The van der Waals surface area contributed by atoms with Crippen LogP contribution in [-0.4, -0.2) is 22.4 Å². The number of anilines is 2. The highest BCUT2D eigenvalue weighted by molar-refractivity contribution is 5.92. The van der Waals surface area contributed by atoms with Crippen molar-refractivity contribution >= 4 is 17.4 Å². The zero-order valence-electron chi connectivity index (χ0n) is 15.7. The summed E-state index contributed by atoms with van der Waals surface area (Å²) in [6, 6.07) is 16.4. The number of nitrogens with one attached hydrogen (secondary N) is 2. The van der Waals surface area contributed by atoms with E-state index in [1.807, 2.05) is 30.3 Å². The second-order valence-corrected chi connectivity index (χ2v) is 6.63. The van der Waals surface area contributed by atoms with Crippen LogP contribution in [0.3, 0.4) is 0 Å². The molecule has 0 aliphatic carbocycles. The average Bonchev–Trinajstić information content (AvgIpc) is 2.66. The Hall–Kier alpha value is -3.21. The lowest BCUT2D eigenvalue weighted by Gasteiger charge is -2.08. The molecule has 3 aromatic rings. The van der Waals surface area contributed by atoms with E-state index in [0.29, 0.717) is 18.1 Å². The van der Waals surface area contributed by atoms with Crippen LogP contribution in [0.5, 0.6) is 0 Å². The predicted octanol–water partition coefficient (Wildman–Crippen LogP) is 4.20. The van der Waals surface area contributed by atoms with Gasteiger partial charge in [0.1, 0.15) is 11.5 Å². The molecule has 27 heavy (non-hydrogen) atoms. The molecule has 5 heteroatoms. The highest BCUT2D eigenvalue weighted by Crippen LogP contribution is 2.17. The minimum Gasteiger partial charge on any atom is -0.351 e. The van der Waals surface area contributed by atoms with E-state index in [1.165, 1.54) is 22.9 Å². The van der Waals surface area contributed by atoms with Crippen molar-refractivity contribution in [2.45, 2.75) is 26.7 Å². The third-order valence-electron chi connectivity index (χ3n) is 4.15. The summed E-state index contributed by atoms with van der Waals surface area (Å²) < 4.78 is 0. The van der Waals surface area contributed by atoms with E-state index in [0.717, 1.165) is 18.5 Å². The van der Waals surface area contributed by atoms with Gasteiger partial charge in [-0.3, -0.25) is 4.79 Å². The fourth-order valence-electron chi connectivity index (χ4n) is 2.93. The number of hydrogen-bond acceptors (Lipinski definition) is 4. The largest absolute Gasteiger partial charge is 0.351 e. The number of aromatic nitrogens is 2. The van der Waals surface area contributed by atoms with Crippen molar-refractivity contribution in [2.24, 2.45) is 0 Å². The Kier molecular flexibility index (Phi) is 6.15. The van der Waals surface area contributed by atoms with E-state index in [2.05, 4.69) is 52.6 Å². The Labute approximate surface area is 159 Å². The molecule has 2 N–H and O–H groups in total. The van der Waals surface area contributed by atoms with Crippen LogP contribution >= 0.6 is 0 Å². The third-order valence-corrected chi connectivity index (χ3v) is 4.15. The highest BCUT2D eigenvalue weighted by Gasteiger charge is 2.08. The number of carbonyl (C=O) groups is 1. The van der Waals surface area contributed by atoms with Crippen molar-refractivity contribution in [3.63, 3.8) is 0 Å². The summed E-state index contributed by atoms with van der Waals surface area (Å²) in [6.07, 6.45) is 4.90. The molecular formula is C22H24N4O. The minimum atomic E-state index is -0.200. The van der Waals surface area contributed by atoms with E-state index in [4.69, 9.17) is 0 Å². The van der Waals surface area contributed by atoms with Crippen LogP contribution in [0.4, 0.5) is 11.5 Å². The van der Waals surface area contributed by atoms with E-state index < -0.39 is 0 Å². The van der Waals surface area contributed by atoms with Gasteiger partial charge < -0.3 is 10.6 Å². The van der Waals surface area contributed by atoms with Crippen LogP contribution < -0.4 is 10.6 Å². The molecule has 0 radical (unpaired) electrons. The van der Waals surface area contributed by atoms with Crippen LogP contribution in [-0.2, 0) is 6.42 Å². The second kappa shape index (κ2) is 8.94. The Morgan fingerprint density at radius 3 is 2.37 bits per heavy atom. The molecule has 0 aliphatic heterocycles. The second-order valence-electron chi connectivity index (χ2n) is 6.63. The third kappa shape index (κ3) is 5.64. The monoisotopic (exact) mass is 360 g/mol. The van der Waals surface area contributed by atoms with Gasteiger partial charge in [-0.15, -0.1) is 0 Å². The fourth-order valence-corrected chi connectivity index (χ4v) is 2.93. The lowest BCUT2D eigenvalue weighted by Crippen LogP contribution is -2.25. The summed E-state index contributed by atoms with van der Waals surface area (Å²) in [5, 5.41) is 6.11. The van der Waals surface area contributed by atoms with Gasteiger partial charge in [0.05, 0.1) is 12.4 Å². The van der Waals surface area contributed by atoms with Crippen LogP contribution in [0.1, 0.15) is 33.6 Å². The average molecular weight is 360 g/mol. The van der Waals surface area contributed by atoms with Gasteiger partial charge in [0.2, 0.25) is 0 Å². The molecule has 0 saturated heterocycles. The molecule has 0 fully saturated rings.